The van der Waals surface area contributed by atoms with Crippen molar-refractivity contribution in [2.45, 2.75) is 13.3 Å². The number of anilines is 3. The predicted octanol–water partition coefficient (Wildman–Crippen LogP) is 5.21. The van der Waals surface area contributed by atoms with Crippen molar-refractivity contribution in [2.75, 3.05) is 37.8 Å². The maximum atomic E-state index is 6.38. The first-order valence-electron chi connectivity index (χ1n) is 9.37. The highest BCUT2D eigenvalue weighted by atomic mass is 35.5. The predicted molar refractivity (Wildman–Crippen MR) is 119 cm³/mol. The van der Waals surface area contributed by atoms with Gasteiger partial charge in [-0.05, 0) is 51.7 Å². The lowest BCUT2D eigenvalue weighted by Gasteiger charge is -2.13. The molecule has 2 aromatic carbocycles. The summed E-state index contributed by atoms with van der Waals surface area (Å²) in [5.74, 6) is 1.31. The lowest BCUT2D eigenvalue weighted by atomic mass is 10.1. The summed E-state index contributed by atoms with van der Waals surface area (Å²) < 4.78 is 0. The largest absolute Gasteiger partial charge is 0.354 e. The molecule has 6 heteroatoms. The van der Waals surface area contributed by atoms with Gasteiger partial charge in [0.05, 0.1) is 16.4 Å². The molecule has 0 unspecified atom stereocenters. The van der Waals surface area contributed by atoms with Gasteiger partial charge in [-0.3, -0.25) is 0 Å². The number of nitrogens with one attached hydrogen (secondary N) is 2. The van der Waals surface area contributed by atoms with Crippen LogP contribution in [0.15, 0.2) is 54.6 Å². The van der Waals surface area contributed by atoms with Crippen molar-refractivity contribution in [3.05, 3.63) is 65.2 Å². The summed E-state index contributed by atoms with van der Waals surface area (Å²) in [4.78, 5) is 11.5. The minimum absolute atomic E-state index is 0.603. The smallest absolute Gasteiger partial charge is 0.225 e. The molecular formula is C22H26ClN5. The highest BCUT2D eigenvalue weighted by Crippen LogP contribution is 2.28. The number of benzene rings is 2. The summed E-state index contributed by atoms with van der Waals surface area (Å²) in [6.45, 7) is 3.83. The van der Waals surface area contributed by atoms with Crippen LogP contribution in [0.4, 0.5) is 17.5 Å². The SMILES string of the molecule is Cc1ccc(Nc2cc(-c3ccccc3)nc(NCCCN(C)C)n2)c(Cl)c1. The third-order valence-corrected chi connectivity index (χ3v) is 4.56. The van der Waals surface area contributed by atoms with Gasteiger partial charge in [-0.2, -0.15) is 4.98 Å². The van der Waals surface area contributed by atoms with Crippen molar-refractivity contribution in [2.24, 2.45) is 0 Å². The zero-order chi connectivity index (χ0) is 19.9. The Labute approximate surface area is 171 Å². The quantitative estimate of drug-likeness (QED) is 0.512. The highest BCUT2D eigenvalue weighted by molar-refractivity contribution is 6.33. The van der Waals surface area contributed by atoms with Crippen molar-refractivity contribution in [3.63, 3.8) is 0 Å². The van der Waals surface area contributed by atoms with E-state index in [9.17, 15) is 0 Å². The summed E-state index contributed by atoms with van der Waals surface area (Å²) >= 11 is 6.38. The van der Waals surface area contributed by atoms with Crippen molar-refractivity contribution < 1.29 is 0 Å². The summed E-state index contributed by atoms with van der Waals surface area (Å²) in [5, 5.41) is 7.33. The zero-order valence-corrected chi connectivity index (χ0v) is 17.3. The van der Waals surface area contributed by atoms with Gasteiger partial charge >= 0.3 is 0 Å². The summed E-state index contributed by atoms with van der Waals surface area (Å²) in [6, 6.07) is 18.0. The minimum atomic E-state index is 0.603. The molecule has 1 heterocycles. The Morgan fingerprint density at radius 1 is 1.00 bits per heavy atom. The molecule has 0 aliphatic carbocycles. The minimum Gasteiger partial charge on any atom is -0.354 e. The molecule has 0 saturated carbocycles. The molecule has 5 nitrogen and oxygen atoms in total. The van der Waals surface area contributed by atoms with E-state index in [4.69, 9.17) is 11.6 Å². The van der Waals surface area contributed by atoms with Gasteiger partial charge in [-0.1, -0.05) is 48.0 Å². The first kappa shape index (κ1) is 20.1. The van der Waals surface area contributed by atoms with Crippen molar-refractivity contribution >= 4 is 29.1 Å². The Morgan fingerprint density at radius 2 is 1.79 bits per heavy atom. The number of aryl methyl sites for hydroxylation is 1. The molecule has 146 valence electrons. The van der Waals surface area contributed by atoms with Crippen LogP contribution < -0.4 is 10.6 Å². The molecule has 3 aromatic rings. The van der Waals surface area contributed by atoms with Gasteiger partial charge in [0.1, 0.15) is 5.82 Å². The second kappa shape index (κ2) is 9.53. The molecule has 0 saturated heterocycles. The van der Waals surface area contributed by atoms with Crippen LogP contribution in [0, 0.1) is 6.92 Å². The van der Waals surface area contributed by atoms with Gasteiger partial charge in [0.15, 0.2) is 0 Å². The standard InChI is InChI=1S/C22H26ClN5/c1-16-10-11-19(18(23)14-16)25-21-15-20(17-8-5-4-6-9-17)26-22(27-21)24-12-7-13-28(2)3/h4-6,8-11,14-15H,7,12-13H2,1-3H3,(H2,24,25,26,27). The second-order valence-electron chi connectivity index (χ2n) is 7.02. The Bertz CT molecular complexity index is 912. The van der Waals surface area contributed by atoms with E-state index in [1.165, 1.54) is 0 Å². The number of rotatable bonds is 8. The van der Waals surface area contributed by atoms with Crippen LogP contribution in [0.25, 0.3) is 11.3 Å². The van der Waals surface area contributed by atoms with Crippen LogP contribution >= 0.6 is 11.6 Å². The third-order valence-electron chi connectivity index (χ3n) is 4.25. The molecule has 0 amide bonds. The number of hydrogen-bond donors (Lipinski definition) is 2. The van der Waals surface area contributed by atoms with Gasteiger partial charge in [-0.15, -0.1) is 0 Å². The highest BCUT2D eigenvalue weighted by Gasteiger charge is 2.09. The molecule has 0 bridgehead atoms. The van der Waals surface area contributed by atoms with E-state index in [1.807, 2.05) is 61.5 Å². The van der Waals surface area contributed by atoms with Gasteiger partial charge < -0.3 is 15.5 Å². The zero-order valence-electron chi connectivity index (χ0n) is 16.5. The van der Waals surface area contributed by atoms with E-state index < -0.39 is 0 Å². The van der Waals surface area contributed by atoms with E-state index in [1.54, 1.807) is 0 Å². The maximum absolute atomic E-state index is 6.38. The Kier molecular flexibility index (Phi) is 6.85. The van der Waals surface area contributed by atoms with E-state index in [0.29, 0.717) is 16.8 Å². The summed E-state index contributed by atoms with van der Waals surface area (Å²) in [5.41, 5.74) is 3.84. The molecular weight excluding hydrogens is 370 g/mol. The van der Waals surface area contributed by atoms with Crippen molar-refractivity contribution in [3.8, 4) is 11.3 Å². The second-order valence-corrected chi connectivity index (χ2v) is 7.43. The number of halogens is 1. The Morgan fingerprint density at radius 3 is 2.50 bits per heavy atom. The Hall–Kier alpha value is -2.63. The van der Waals surface area contributed by atoms with E-state index in [2.05, 4.69) is 39.6 Å². The summed E-state index contributed by atoms with van der Waals surface area (Å²) in [7, 11) is 4.14. The number of aromatic nitrogens is 2. The number of hydrogen-bond acceptors (Lipinski definition) is 5. The molecule has 2 N–H and O–H groups in total. The van der Waals surface area contributed by atoms with Crippen LogP contribution in [0.3, 0.4) is 0 Å². The van der Waals surface area contributed by atoms with Crippen LogP contribution in [0.5, 0.6) is 0 Å². The van der Waals surface area contributed by atoms with Gasteiger partial charge in [-0.25, -0.2) is 4.98 Å². The number of nitrogens with zero attached hydrogens (tertiary/aromatic N) is 3. The average molecular weight is 396 g/mol. The average Bonchev–Trinajstić information content (AvgIpc) is 2.68. The monoisotopic (exact) mass is 395 g/mol. The van der Waals surface area contributed by atoms with E-state index in [0.717, 1.165) is 42.0 Å². The van der Waals surface area contributed by atoms with Gasteiger partial charge in [0, 0.05) is 18.2 Å². The lowest BCUT2D eigenvalue weighted by Crippen LogP contribution is -2.17. The van der Waals surface area contributed by atoms with Crippen LogP contribution in [0.1, 0.15) is 12.0 Å². The molecule has 0 spiro atoms. The van der Waals surface area contributed by atoms with Gasteiger partial charge in [0.2, 0.25) is 5.95 Å². The van der Waals surface area contributed by atoms with Crippen LogP contribution in [0.2, 0.25) is 5.02 Å². The molecule has 0 aliphatic heterocycles. The normalized spacial score (nSPS) is 10.9. The molecule has 28 heavy (non-hydrogen) atoms. The molecule has 0 aliphatic rings. The molecule has 0 fully saturated rings. The van der Waals surface area contributed by atoms with Crippen molar-refractivity contribution in [1.29, 1.82) is 0 Å². The first-order chi connectivity index (χ1) is 13.5. The first-order valence-corrected chi connectivity index (χ1v) is 9.75. The fourth-order valence-corrected chi connectivity index (χ4v) is 3.08. The molecule has 1 aromatic heterocycles. The lowest BCUT2D eigenvalue weighted by molar-refractivity contribution is 0.405. The van der Waals surface area contributed by atoms with E-state index >= 15 is 0 Å². The Balaban J connectivity index is 1.86. The fraction of sp³-hybridized carbons (Fsp3) is 0.273. The third kappa shape index (κ3) is 5.68. The van der Waals surface area contributed by atoms with Crippen LogP contribution in [-0.2, 0) is 0 Å². The maximum Gasteiger partial charge on any atom is 0.225 e. The van der Waals surface area contributed by atoms with Crippen molar-refractivity contribution in [1.82, 2.24) is 14.9 Å². The molecule has 0 atom stereocenters. The van der Waals surface area contributed by atoms with Crippen LogP contribution in [-0.4, -0.2) is 42.1 Å². The molecule has 3 rings (SSSR count). The fourth-order valence-electron chi connectivity index (χ4n) is 2.80. The molecule has 0 radical (unpaired) electrons. The topological polar surface area (TPSA) is 53.1 Å². The summed E-state index contributed by atoms with van der Waals surface area (Å²) in [6.07, 6.45) is 1.01. The van der Waals surface area contributed by atoms with Gasteiger partial charge in [0.25, 0.3) is 0 Å². The van der Waals surface area contributed by atoms with E-state index in [-0.39, 0.29) is 0 Å².